The molecular weight excluding hydrogens is 400 g/mol. The van der Waals surface area contributed by atoms with Crippen molar-refractivity contribution < 1.29 is 17.9 Å². The fraction of sp³-hybridized carbons (Fsp3) is 0.350. The number of ether oxygens (including phenoxy) is 1. The van der Waals surface area contributed by atoms with Gasteiger partial charge < -0.3 is 9.64 Å². The molecule has 0 fully saturated rings. The van der Waals surface area contributed by atoms with Crippen molar-refractivity contribution in [3.8, 4) is 5.75 Å². The van der Waals surface area contributed by atoms with Crippen LogP contribution < -0.4 is 9.04 Å². The lowest BCUT2D eigenvalue weighted by atomic mass is 9.99. The van der Waals surface area contributed by atoms with Gasteiger partial charge in [0.05, 0.1) is 11.9 Å². The lowest BCUT2D eigenvalue weighted by Gasteiger charge is -2.31. The molecule has 0 saturated carbocycles. The van der Waals surface area contributed by atoms with Gasteiger partial charge in [0.2, 0.25) is 10.0 Å². The maximum Gasteiger partial charge on any atom is 0.264 e. The number of hydrogen-bond acceptors (Lipinski definition) is 4. The summed E-state index contributed by atoms with van der Waals surface area (Å²) >= 11 is 6.06. The molecule has 2 aromatic carbocycles. The van der Waals surface area contributed by atoms with E-state index in [-0.39, 0.29) is 18.9 Å². The first-order chi connectivity index (χ1) is 13.3. The number of carbonyl (C=O) groups is 1. The summed E-state index contributed by atoms with van der Waals surface area (Å²) in [7, 11) is -3.52. The Morgan fingerprint density at radius 3 is 2.64 bits per heavy atom. The molecule has 2 heterocycles. The van der Waals surface area contributed by atoms with E-state index in [1.807, 2.05) is 18.2 Å². The smallest absolute Gasteiger partial charge is 0.264 e. The quantitative estimate of drug-likeness (QED) is 0.749. The fourth-order valence-electron chi connectivity index (χ4n) is 3.76. The van der Waals surface area contributed by atoms with Crippen LogP contribution in [-0.4, -0.2) is 44.7 Å². The maximum atomic E-state index is 13.2. The molecule has 0 aromatic heterocycles. The number of carbonyl (C=O) groups excluding carboxylic acids is 1. The van der Waals surface area contributed by atoms with Crippen LogP contribution in [0.1, 0.15) is 17.5 Å². The largest absolute Gasteiger partial charge is 0.478 e. The van der Waals surface area contributed by atoms with Gasteiger partial charge in [-0.15, -0.1) is 0 Å². The van der Waals surface area contributed by atoms with Crippen molar-refractivity contribution in [3.63, 3.8) is 0 Å². The number of anilines is 1. The monoisotopic (exact) mass is 420 g/mol. The summed E-state index contributed by atoms with van der Waals surface area (Å²) in [5, 5.41) is 0.411. The summed E-state index contributed by atoms with van der Waals surface area (Å²) in [6.45, 7) is 1.32. The zero-order valence-corrected chi connectivity index (χ0v) is 17.0. The second-order valence-corrected chi connectivity index (χ2v) is 9.46. The number of amides is 1. The van der Waals surface area contributed by atoms with Gasteiger partial charge >= 0.3 is 0 Å². The number of halogens is 1. The van der Waals surface area contributed by atoms with E-state index in [1.165, 1.54) is 9.87 Å². The van der Waals surface area contributed by atoms with Gasteiger partial charge in [-0.25, -0.2) is 8.42 Å². The van der Waals surface area contributed by atoms with E-state index in [1.54, 1.807) is 23.1 Å². The summed E-state index contributed by atoms with van der Waals surface area (Å²) < 4.78 is 31.8. The average Bonchev–Trinajstić information content (AvgIpc) is 2.86. The molecule has 0 aliphatic carbocycles. The van der Waals surface area contributed by atoms with Crippen molar-refractivity contribution in [2.24, 2.45) is 0 Å². The summed E-state index contributed by atoms with van der Waals surface area (Å²) in [6, 6.07) is 12.9. The zero-order valence-electron chi connectivity index (χ0n) is 15.5. The molecule has 148 valence electrons. The Labute approximate surface area is 169 Å². The van der Waals surface area contributed by atoms with Crippen LogP contribution in [0.25, 0.3) is 0 Å². The minimum atomic E-state index is -3.52. The molecule has 0 bridgehead atoms. The molecule has 28 heavy (non-hydrogen) atoms. The number of fused-ring (bicyclic) bond motifs is 2. The van der Waals surface area contributed by atoms with Crippen LogP contribution in [0.15, 0.2) is 42.5 Å². The van der Waals surface area contributed by atoms with E-state index in [2.05, 4.69) is 6.07 Å². The van der Waals surface area contributed by atoms with Gasteiger partial charge in [-0.1, -0.05) is 35.9 Å². The molecule has 0 spiro atoms. The fourth-order valence-corrected chi connectivity index (χ4v) is 4.86. The number of rotatable bonds is 2. The predicted octanol–water partition coefficient (Wildman–Crippen LogP) is 2.84. The molecule has 0 unspecified atom stereocenters. The lowest BCUT2D eigenvalue weighted by Crippen LogP contribution is -2.45. The molecule has 0 saturated heterocycles. The van der Waals surface area contributed by atoms with Gasteiger partial charge in [-0.3, -0.25) is 9.10 Å². The molecule has 6 nitrogen and oxygen atoms in total. The highest BCUT2D eigenvalue weighted by atomic mass is 35.5. The highest BCUT2D eigenvalue weighted by Crippen LogP contribution is 2.36. The Bertz CT molecular complexity index is 1020. The van der Waals surface area contributed by atoms with Crippen molar-refractivity contribution in [1.82, 2.24) is 4.90 Å². The minimum Gasteiger partial charge on any atom is -0.478 e. The van der Waals surface area contributed by atoms with Gasteiger partial charge in [0, 0.05) is 31.1 Å². The van der Waals surface area contributed by atoms with Crippen molar-refractivity contribution in [2.75, 3.05) is 23.7 Å². The topological polar surface area (TPSA) is 66.9 Å². The number of nitrogens with zero attached hydrogens (tertiary/aromatic N) is 2. The molecule has 2 aliphatic rings. The summed E-state index contributed by atoms with van der Waals surface area (Å²) in [5.74, 6) is 0.230. The van der Waals surface area contributed by atoms with Crippen LogP contribution in [0.5, 0.6) is 5.75 Å². The van der Waals surface area contributed by atoms with Crippen LogP contribution in [0.4, 0.5) is 5.69 Å². The highest BCUT2D eigenvalue weighted by molar-refractivity contribution is 7.92. The van der Waals surface area contributed by atoms with E-state index >= 15 is 0 Å². The second-order valence-electron chi connectivity index (χ2n) is 7.12. The SMILES string of the molecule is CS(=O)(=O)N1CC[C@@H](C(=O)N2CCc3ccccc3C2)Oc2ccc(Cl)cc21. The minimum absolute atomic E-state index is 0.120. The number of benzene rings is 2. The predicted molar refractivity (Wildman–Crippen MR) is 108 cm³/mol. The van der Waals surface area contributed by atoms with Crippen LogP contribution >= 0.6 is 11.6 Å². The molecule has 1 amide bonds. The Hall–Kier alpha value is -2.25. The van der Waals surface area contributed by atoms with Crippen molar-refractivity contribution >= 4 is 33.2 Å². The maximum absolute atomic E-state index is 13.2. The van der Waals surface area contributed by atoms with Crippen LogP contribution in [0.2, 0.25) is 5.02 Å². The Morgan fingerprint density at radius 1 is 1.14 bits per heavy atom. The summed E-state index contributed by atoms with van der Waals surface area (Å²) in [6.07, 6.45) is 1.48. The van der Waals surface area contributed by atoms with Crippen molar-refractivity contribution in [1.29, 1.82) is 0 Å². The van der Waals surface area contributed by atoms with Gasteiger partial charge in [-0.2, -0.15) is 0 Å². The van der Waals surface area contributed by atoms with Crippen LogP contribution in [-0.2, 0) is 27.8 Å². The molecule has 8 heteroatoms. The molecule has 4 rings (SSSR count). The number of sulfonamides is 1. The van der Waals surface area contributed by atoms with Gasteiger partial charge in [0.25, 0.3) is 5.91 Å². The molecule has 2 aliphatic heterocycles. The molecular formula is C20H21ClN2O4S. The van der Waals surface area contributed by atoms with Crippen LogP contribution in [0, 0.1) is 0 Å². The third-order valence-corrected chi connectivity index (χ3v) is 6.59. The average molecular weight is 421 g/mol. The summed E-state index contributed by atoms with van der Waals surface area (Å²) in [4.78, 5) is 14.9. The van der Waals surface area contributed by atoms with Gasteiger partial charge in [0.15, 0.2) is 6.10 Å². The molecule has 1 atom stereocenters. The van der Waals surface area contributed by atoms with E-state index in [0.717, 1.165) is 18.2 Å². The lowest BCUT2D eigenvalue weighted by molar-refractivity contribution is -0.139. The first kappa shape index (κ1) is 19.1. The van der Waals surface area contributed by atoms with E-state index in [4.69, 9.17) is 16.3 Å². The Kier molecular flexibility index (Phi) is 4.97. The first-order valence-corrected chi connectivity index (χ1v) is 11.3. The van der Waals surface area contributed by atoms with Crippen molar-refractivity contribution in [3.05, 3.63) is 58.6 Å². The molecule has 0 N–H and O–H groups in total. The molecule has 0 radical (unpaired) electrons. The second kappa shape index (κ2) is 7.29. The van der Waals surface area contributed by atoms with Crippen molar-refractivity contribution in [2.45, 2.75) is 25.5 Å². The summed E-state index contributed by atoms with van der Waals surface area (Å²) in [5.41, 5.74) is 2.77. The highest BCUT2D eigenvalue weighted by Gasteiger charge is 2.34. The number of hydrogen-bond donors (Lipinski definition) is 0. The zero-order chi connectivity index (χ0) is 19.9. The Morgan fingerprint density at radius 2 is 1.89 bits per heavy atom. The normalized spacial score (nSPS) is 19.3. The van der Waals surface area contributed by atoms with E-state index in [9.17, 15) is 13.2 Å². The van der Waals surface area contributed by atoms with Crippen LogP contribution in [0.3, 0.4) is 0 Å². The molecule has 2 aromatic rings. The first-order valence-electron chi connectivity index (χ1n) is 9.12. The van der Waals surface area contributed by atoms with Gasteiger partial charge in [0.1, 0.15) is 5.75 Å². The third-order valence-electron chi connectivity index (χ3n) is 5.17. The Balaban J connectivity index is 1.60. The van der Waals surface area contributed by atoms with Gasteiger partial charge in [-0.05, 0) is 35.7 Å². The van der Waals surface area contributed by atoms with E-state index < -0.39 is 16.1 Å². The standard InChI is InChI=1S/C20H21ClN2O4S/c1-28(25,26)23-11-9-19(27-18-7-6-16(21)12-17(18)23)20(24)22-10-8-14-4-2-3-5-15(14)13-22/h2-7,12,19H,8-11,13H2,1H3/t19-/m0/s1. The third kappa shape index (κ3) is 3.69. The van der Waals surface area contributed by atoms with E-state index in [0.29, 0.717) is 29.5 Å².